The first-order chi connectivity index (χ1) is 11.5. The van der Waals surface area contributed by atoms with Crippen molar-refractivity contribution in [2.45, 2.75) is 37.0 Å². The molecule has 2 aliphatic heterocycles. The van der Waals surface area contributed by atoms with Crippen LogP contribution in [-0.2, 0) is 14.8 Å². The summed E-state index contributed by atoms with van der Waals surface area (Å²) in [6, 6.07) is 3.29. The summed E-state index contributed by atoms with van der Waals surface area (Å²) in [6.45, 7) is 2.32. The van der Waals surface area contributed by atoms with Crippen LogP contribution < -0.4 is 10.6 Å². The van der Waals surface area contributed by atoms with E-state index in [4.69, 9.17) is 5.73 Å². The molecule has 2 saturated heterocycles. The minimum absolute atomic E-state index is 0.230. The highest BCUT2D eigenvalue weighted by Gasteiger charge is 2.34. The molecule has 0 radical (unpaired) electrons. The lowest BCUT2D eigenvalue weighted by atomic mass is 9.98. The number of hydrogen-bond acceptors (Lipinski definition) is 5. The molecule has 7 nitrogen and oxygen atoms in total. The third-order valence-electron chi connectivity index (χ3n) is 4.88. The van der Waals surface area contributed by atoms with Gasteiger partial charge in [0.1, 0.15) is 10.7 Å². The Morgan fingerprint density at radius 1 is 1.12 bits per heavy atom. The van der Waals surface area contributed by atoms with Gasteiger partial charge in [0.05, 0.1) is 0 Å². The average molecular weight is 352 g/mol. The van der Waals surface area contributed by atoms with E-state index in [1.54, 1.807) is 18.3 Å². The largest absolute Gasteiger partial charge is 0.369 e. The predicted molar refractivity (Wildman–Crippen MR) is 91.0 cm³/mol. The van der Waals surface area contributed by atoms with Crippen LogP contribution in [-0.4, -0.2) is 49.8 Å². The van der Waals surface area contributed by atoms with E-state index in [-0.39, 0.29) is 16.7 Å². The third-order valence-corrected chi connectivity index (χ3v) is 6.80. The number of aromatic nitrogens is 1. The van der Waals surface area contributed by atoms with Gasteiger partial charge in [0.25, 0.3) is 0 Å². The van der Waals surface area contributed by atoms with Crippen molar-refractivity contribution in [2.75, 3.05) is 31.1 Å². The highest BCUT2D eigenvalue weighted by molar-refractivity contribution is 7.89. The van der Waals surface area contributed by atoms with E-state index < -0.39 is 10.0 Å². The number of sulfonamides is 1. The van der Waals surface area contributed by atoms with E-state index in [9.17, 15) is 13.2 Å². The topological polar surface area (TPSA) is 96.6 Å². The predicted octanol–water partition coefficient (Wildman–Crippen LogP) is 0.958. The molecule has 0 atom stereocenters. The molecular weight excluding hydrogens is 328 g/mol. The molecule has 132 valence electrons. The van der Waals surface area contributed by atoms with Gasteiger partial charge in [0.15, 0.2) is 0 Å². The summed E-state index contributed by atoms with van der Waals surface area (Å²) < 4.78 is 27.6. The van der Waals surface area contributed by atoms with Crippen molar-refractivity contribution in [3.8, 4) is 0 Å². The van der Waals surface area contributed by atoms with Gasteiger partial charge < -0.3 is 10.6 Å². The molecule has 0 aliphatic carbocycles. The van der Waals surface area contributed by atoms with E-state index >= 15 is 0 Å². The molecule has 0 aromatic carbocycles. The van der Waals surface area contributed by atoms with Crippen LogP contribution >= 0.6 is 0 Å². The van der Waals surface area contributed by atoms with Gasteiger partial charge >= 0.3 is 0 Å². The van der Waals surface area contributed by atoms with Crippen LogP contribution in [0.25, 0.3) is 0 Å². The maximum atomic E-state index is 13.1. The zero-order valence-electron chi connectivity index (χ0n) is 13.7. The lowest BCUT2D eigenvalue weighted by molar-refractivity contribution is -0.122. The zero-order valence-corrected chi connectivity index (χ0v) is 14.5. The number of carbonyl (C=O) groups excluding carboxylic acids is 1. The van der Waals surface area contributed by atoms with Crippen LogP contribution in [0.4, 0.5) is 5.82 Å². The van der Waals surface area contributed by atoms with E-state index in [0.29, 0.717) is 31.7 Å². The molecule has 8 heteroatoms. The summed E-state index contributed by atoms with van der Waals surface area (Å²) in [4.78, 5) is 18.0. The van der Waals surface area contributed by atoms with Crippen LogP contribution in [0.5, 0.6) is 0 Å². The van der Waals surface area contributed by atoms with Gasteiger partial charge in [0, 0.05) is 38.3 Å². The lowest BCUT2D eigenvalue weighted by Crippen LogP contribution is -2.42. The Hall–Kier alpha value is -1.67. The Morgan fingerprint density at radius 3 is 2.42 bits per heavy atom. The van der Waals surface area contributed by atoms with Gasteiger partial charge in [-0.15, -0.1) is 0 Å². The average Bonchev–Trinajstić information content (AvgIpc) is 2.62. The Bertz CT molecular complexity index is 693. The summed E-state index contributed by atoms with van der Waals surface area (Å²) in [6.07, 6.45) is 5.89. The molecule has 2 N–H and O–H groups in total. The van der Waals surface area contributed by atoms with Crippen LogP contribution in [0, 0.1) is 5.92 Å². The second-order valence-corrected chi connectivity index (χ2v) is 8.36. The molecule has 0 bridgehead atoms. The number of piperidine rings is 2. The molecule has 2 fully saturated rings. The monoisotopic (exact) mass is 352 g/mol. The number of rotatable bonds is 4. The molecule has 0 unspecified atom stereocenters. The maximum absolute atomic E-state index is 13.1. The standard InChI is InChI=1S/C16H24N4O3S/c17-15(21)13-6-11-20(12-7-13)24(22,23)14-5-4-8-18-16(14)19-9-2-1-3-10-19/h4-5,8,13H,1-3,6-7,9-12H2,(H2,17,21). The number of nitrogens with zero attached hydrogens (tertiary/aromatic N) is 3. The van der Waals surface area contributed by atoms with Crippen molar-refractivity contribution in [1.29, 1.82) is 0 Å². The number of anilines is 1. The Morgan fingerprint density at radius 2 is 1.79 bits per heavy atom. The van der Waals surface area contributed by atoms with Crippen LogP contribution in [0.3, 0.4) is 0 Å². The van der Waals surface area contributed by atoms with Crippen molar-refractivity contribution in [1.82, 2.24) is 9.29 Å². The Kier molecular flexibility index (Phi) is 5.05. The maximum Gasteiger partial charge on any atom is 0.246 e. The number of pyridine rings is 1. The number of nitrogens with two attached hydrogens (primary N) is 1. The van der Waals surface area contributed by atoms with E-state index in [1.807, 2.05) is 0 Å². The second-order valence-electron chi connectivity index (χ2n) is 6.45. The minimum Gasteiger partial charge on any atom is -0.369 e. The lowest BCUT2D eigenvalue weighted by Gasteiger charge is -2.32. The molecule has 1 amide bonds. The summed E-state index contributed by atoms with van der Waals surface area (Å²) in [7, 11) is -3.61. The SMILES string of the molecule is NC(=O)C1CCN(S(=O)(=O)c2cccnc2N2CCCCC2)CC1. The van der Waals surface area contributed by atoms with Crippen LogP contribution in [0.2, 0.25) is 0 Å². The summed E-state index contributed by atoms with van der Waals surface area (Å²) in [5.41, 5.74) is 5.33. The fourth-order valence-electron chi connectivity index (χ4n) is 3.45. The second kappa shape index (κ2) is 7.06. The first-order valence-corrected chi connectivity index (χ1v) is 9.93. The van der Waals surface area contributed by atoms with Crippen molar-refractivity contribution in [3.05, 3.63) is 18.3 Å². The van der Waals surface area contributed by atoms with Crippen molar-refractivity contribution in [2.24, 2.45) is 11.7 Å². The molecule has 3 heterocycles. The number of hydrogen-bond donors (Lipinski definition) is 1. The fourth-order valence-corrected chi connectivity index (χ4v) is 5.08. The molecule has 1 aromatic rings. The smallest absolute Gasteiger partial charge is 0.246 e. The van der Waals surface area contributed by atoms with Gasteiger partial charge in [-0.2, -0.15) is 4.31 Å². The van der Waals surface area contributed by atoms with E-state index in [2.05, 4.69) is 9.88 Å². The summed E-state index contributed by atoms with van der Waals surface area (Å²) in [5.74, 6) is -0.0245. The van der Waals surface area contributed by atoms with Gasteiger partial charge in [-0.1, -0.05) is 0 Å². The molecule has 3 rings (SSSR count). The molecule has 0 saturated carbocycles. The quantitative estimate of drug-likeness (QED) is 0.870. The van der Waals surface area contributed by atoms with Crippen LogP contribution in [0.15, 0.2) is 23.2 Å². The molecule has 1 aromatic heterocycles. The zero-order chi connectivity index (χ0) is 17.2. The van der Waals surface area contributed by atoms with Crippen LogP contribution in [0.1, 0.15) is 32.1 Å². The van der Waals surface area contributed by atoms with Gasteiger partial charge in [-0.25, -0.2) is 13.4 Å². The fraction of sp³-hybridized carbons (Fsp3) is 0.625. The first kappa shape index (κ1) is 17.2. The molecule has 24 heavy (non-hydrogen) atoms. The molecular formula is C16H24N4O3S. The summed E-state index contributed by atoms with van der Waals surface area (Å²) in [5, 5.41) is 0. The number of primary amides is 1. The van der Waals surface area contributed by atoms with Gasteiger partial charge in [0.2, 0.25) is 15.9 Å². The highest BCUT2D eigenvalue weighted by atomic mass is 32.2. The molecule has 2 aliphatic rings. The van der Waals surface area contributed by atoms with Crippen molar-refractivity contribution < 1.29 is 13.2 Å². The Labute approximate surface area is 142 Å². The first-order valence-electron chi connectivity index (χ1n) is 8.49. The van der Waals surface area contributed by atoms with Gasteiger partial charge in [-0.05, 0) is 44.2 Å². The Balaban J connectivity index is 1.84. The van der Waals surface area contributed by atoms with Crippen molar-refractivity contribution >= 4 is 21.7 Å². The van der Waals surface area contributed by atoms with Crippen molar-refractivity contribution in [3.63, 3.8) is 0 Å². The normalized spacial score (nSPS) is 20.9. The third kappa shape index (κ3) is 3.39. The van der Waals surface area contributed by atoms with Gasteiger partial charge in [-0.3, -0.25) is 4.79 Å². The number of carbonyl (C=O) groups is 1. The highest BCUT2D eigenvalue weighted by Crippen LogP contribution is 2.30. The minimum atomic E-state index is -3.61. The van der Waals surface area contributed by atoms with E-state index in [1.165, 1.54) is 10.7 Å². The number of amides is 1. The summed E-state index contributed by atoms with van der Waals surface area (Å²) >= 11 is 0. The molecule has 0 spiro atoms. The van der Waals surface area contributed by atoms with E-state index in [0.717, 1.165) is 25.9 Å².